The van der Waals surface area contributed by atoms with E-state index in [9.17, 15) is 0 Å². The minimum absolute atomic E-state index is 0.141. The molecule has 2 fully saturated rings. The number of nitrogens with two attached hydrogens (primary N) is 1. The third-order valence-electron chi connectivity index (χ3n) is 4.53. The molecule has 0 spiro atoms. The second-order valence-electron chi connectivity index (χ2n) is 5.75. The van der Waals surface area contributed by atoms with E-state index >= 15 is 0 Å². The minimum atomic E-state index is 0.141. The van der Waals surface area contributed by atoms with Crippen LogP contribution in [0.4, 0.5) is 0 Å². The molecule has 5 heteroatoms. The van der Waals surface area contributed by atoms with Crippen LogP contribution in [0.1, 0.15) is 24.4 Å². The van der Waals surface area contributed by atoms with Crippen molar-refractivity contribution in [2.24, 2.45) is 5.73 Å². The number of benzene rings is 1. The normalized spacial score (nSPS) is 26.6. The van der Waals surface area contributed by atoms with Gasteiger partial charge in [0.1, 0.15) is 0 Å². The topological polar surface area (TPSA) is 57.0 Å². The molecule has 2 bridgehead atoms. The molecule has 3 unspecified atom stereocenters. The number of hydrogen-bond acceptors (Lipinski definition) is 5. The predicted molar refractivity (Wildman–Crippen MR) is 80.8 cm³/mol. The van der Waals surface area contributed by atoms with E-state index in [1.165, 1.54) is 0 Å². The molecule has 3 rings (SSSR count). The van der Waals surface area contributed by atoms with Gasteiger partial charge in [0.05, 0.1) is 32.5 Å². The Morgan fingerprint density at radius 2 is 1.95 bits per heavy atom. The van der Waals surface area contributed by atoms with E-state index in [1.807, 2.05) is 12.1 Å². The van der Waals surface area contributed by atoms with Gasteiger partial charge in [-0.25, -0.2) is 0 Å². The van der Waals surface area contributed by atoms with Gasteiger partial charge in [0.25, 0.3) is 0 Å². The van der Waals surface area contributed by atoms with Gasteiger partial charge in [-0.2, -0.15) is 0 Å². The van der Waals surface area contributed by atoms with Crippen LogP contribution < -0.4 is 15.2 Å². The standard InChI is InChI=1S/C16H24N2O3/c1-19-15-5-3-4-13(16(15)20-2)14(8-17)18-9-11-6-7-12(10-18)21-11/h3-5,11-12,14H,6-10,17H2,1-2H3. The molecule has 5 nitrogen and oxygen atoms in total. The lowest BCUT2D eigenvalue weighted by atomic mass is 10.0. The van der Waals surface area contributed by atoms with Crippen molar-refractivity contribution >= 4 is 0 Å². The monoisotopic (exact) mass is 292 g/mol. The average molecular weight is 292 g/mol. The minimum Gasteiger partial charge on any atom is -0.493 e. The highest BCUT2D eigenvalue weighted by molar-refractivity contribution is 5.48. The molecule has 2 aliphatic heterocycles. The summed E-state index contributed by atoms with van der Waals surface area (Å²) in [6, 6.07) is 6.13. The van der Waals surface area contributed by atoms with Gasteiger partial charge in [0, 0.05) is 25.2 Å². The number of methoxy groups -OCH3 is 2. The summed E-state index contributed by atoms with van der Waals surface area (Å²) in [4.78, 5) is 2.43. The molecule has 2 saturated heterocycles. The first-order chi connectivity index (χ1) is 10.3. The third-order valence-corrected chi connectivity index (χ3v) is 4.53. The SMILES string of the molecule is COc1cccc(C(CN)N2CC3CCC(C2)O3)c1OC. The number of hydrogen-bond donors (Lipinski definition) is 1. The molecule has 0 radical (unpaired) electrons. The maximum atomic E-state index is 6.08. The zero-order valence-electron chi connectivity index (χ0n) is 12.7. The van der Waals surface area contributed by atoms with Crippen molar-refractivity contribution < 1.29 is 14.2 Å². The summed E-state index contributed by atoms with van der Waals surface area (Å²) in [5.41, 5.74) is 7.18. The van der Waals surface area contributed by atoms with E-state index in [0.717, 1.165) is 43.0 Å². The number of morpholine rings is 1. The van der Waals surface area contributed by atoms with Crippen LogP contribution in [0.25, 0.3) is 0 Å². The Morgan fingerprint density at radius 1 is 1.24 bits per heavy atom. The van der Waals surface area contributed by atoms with Crippen LogP contribution in [-0.2, 0) is 4.74 Å². The smallest absolute Gasteiger partial charge is 0.165 e. The molecule has 0 amide bonds. The molecule has 1 aromatic rings. The Hall–Kier alpha value is -1.30. The van der Waals surface area contributed by atoms with E-state index in [1.54, 1.807) is 14.2 Å². The molecule has 0 aromatic heterocycles. The highest BCUT2D eigenvalue weighted by atomic mass is 16.5. The molecule has 2 N–H and O–H groups in total. The highest BCUT2D eigenvalue weighted by Crippen LogP contribution is 2.38. The Morgan fingerprint density at radius 3 is 2.52 bits per heavy atom. The molecule has 2 aliphatic rings. The van der Waals surface area contributed by atoms with Gasteiger partial charge >= 0.3 is 0 Å². The van der Waals surface area contributed by atoms with Gasteiger partial charge in [0.2, 0.25) is 0 Å². The number of para-hydroxylation sites is 1. The molecule has 1 aromatic carbocycles. The van der Waals surface area contributed by atoms with Crippen LogP contribution in [0.2, 0.25) is 0 Å². The van der Waals surface area contributed by atoms with Crippen LogP contribution in [0.3, 0.4) is 0 Å². The Balaban J connectivity index is 1.89. The van der Waals surface area contributed by atoms with Crippen molar-refractivity contribution in [3.8, 4) is 11.5 Å². The molecular weight excluding hydrogens is 268 g/mol. The summed E-state index contributed by atoms with van der Waals surface area (Å²) in [5, 5.41) is 0. The quantitative estimate of drug-likeness (QED) is 0.892. The summed E-state index contributed by atoms with van der Waals surface area (Å²) in [6.45, 7) is 2.44. The fourth-order valence-electron chi connectivity index (χ4n) is 3.55. The lowest BCUT2D eigenvalue weighted by molar-refractivity contribution is -0.0523. The van der Waals surface area contributed by atoms with E-state index in [2.05, 4.69) is 11.0 Å². The Bertz CT molecular complexity index is 482. The van der Waals surface area contributed by atoms with Crippen molar-refractivity contribution in [3.05, 3.63) is 23.8 Å². The van der Waals surface area contributed by atoms with Crippen LogP contribution in [0.5, 0.6) is 11.5 Å². The Labute approximate surface area is 126 Å². The zero-order valence-corrected chi connectivity index (χ0v) is 12.7. The summed E-state index contributed by atoms with van der Waals surface area (Å²) >= 11 is 0. The van der Waals surface area contributed by atoms with Crippen molar-refractivity contribution in [1.29, 1.82) is 0 Å². The summed E-state index contributed by atoms with van der Waals surface area (Å²) < 4.78 is 16.9. The molecule has 116 valence electrons. The predicted octanol–water partition coefficient (Wildman–Crippen LogP) is 1.57. The van der Waals surface area contributed by atoms with E-state index in [-0.39, 0.29) is 6.04 Å². The first-order valence-corrected chi connectivity index (χ1v) is 7.57. The average Bonchev–Trinajstić information content (AvgIpc) is 2.86. The van der Waals surface area contributed by atoms with Crippen LogP contribution in [-0.4, -0.2) is 51.0 Å². The number of ether oxygens (including phenoxy) is 3. The first kappa shape index (κ1) is 14.6. The van der Waals surface area contributed by atoms with Crippen molar-refractivity contribution in [1.82, 2.24) is 4.90 Å². The second kappa shape index (κ2) is 6.22. The molecule has 0 saturated carbocycles. The maximum Gasteiger partial charge on any atom is 0.165 e. The number of likely N-dealkylation sites (tertiary alicyclic amines) is 1. The Kier molecular flexibility index (Phi) is 4.33. The van der Waals surface area contributed by atoms with Crippen molar-refractivity contribution in [2.45, 2.75) is 31.1 Å². The third kappa shape index (κ3) is 2.73. The van der Waals surface area contributed by atoms with Crippen molar-refractivity contribution in [3.63, 3.8) is 0 Å². The zero-order chi connectivity index (χ0) is 14.8. The molecule has 3 atom stereocenters. The molecule has 0 aliphatic carbocycles. The first-order valence-electron chi connectivity index (χ1n) is 7.57. The number of nitrogens with zero attached hydrogens (tertiary/aromatic N) is 1. The van der Waals surface area contributed by atoms with Crippen molar-refractivity contribution in [2.75, 3.05) is 33.9 Å². The highest BCUT2D eigenvalue weighted by Gasteiger charge is 2.37. The fraction of sp³-hybridized carbons (Fsp3) is 0.625. The molecular formula is C16H24N2O3. The van der Waals surface area contributed by atoms with Gasteiger partial charge in [-0.3, -0.25) is 4.90 Å². The van der Waals surface area contributed by atoms with Gasteiger partial charge in [-0.05, 0) is 18.9 Å². The van der Waals surface area contributed by atoms with Crippen LogP contribution in [0.15, 0.2) is 18.2 Å². The number of fused-ring (bicyclic) bond motifs is 2. The van der Waals surface area contributed by atoms with E-state index < -0.39 is 0 Å². The summed E-state index contributed by atoms with van der Waals surface area (Å²) in [5.74, 6) is 1.54. The van der Waals surface area contributed by atoms with Gasteiger partial charge < -0.3 is 19.9 Å². The van der Waals surface area contributed by atoms with Gasteiger partial charge in [-0.1, -0.05) is 12.1 Å². The summed E-state index contributed by atoms with van der Waals surface area (Å²) in [6.07, 6.45) is 3.03. The van der Waals surface area contributed by atoms with Crippen LogP contribution in [0, 0.1) is 0 Å². The lowest BCUT2D eigenvalue weighted by Crippen LogP contribution is -2.46. The maximum absolute atomic E-state index is 6.08. The fourth-order valence-corrected chi connectivity index (χ4v) is 3.55. The second-order valence-corrected chi connectivity index (χ2v) is 5.75. The number of rotatable bonds is 5. The summed E-state index contributed by atoms with van der Waals surface area (Å²) in [7, 11) is 3.34. The van der Waals surface area contributed by atoms with Gasteiger partial charge in [0.15, 0.2) is 11.5 Å². The lowest BCUT2D eigenvalue weighted by Gasteiger charge is -2.38. The van der Waals surface area contributed by atoms with Crippen LogP contribution >= 0.6 is 0 Å². The molecule has 21 heavy (non-hydrogen) atoms. The van der Waals surface area contributed by atoms with Gasteiger partial charge in [-0.15, -0.1) is 0 Å². The van der Waals surface area contributed by atoms with E-state index in [4.69, 9.17) is 19.9 Å². The van der Waals surface area contributed by atoms with E-state index in [0.29, 0.717) is 18.8 Å². The molecule has 2 heterocycles. The largest absolute Gasteiger partial charge is 0.493 e.